The fourth-order valence-corrected chi connectivity index (χ4v) is 2.16. The maximum absolute atomic E-state index is 12.3. The van der Waals surface area contributed by atoms with E-state index >= 15 is 0 Å². The van der Waals surface area contributed by atoms with Gasteiger partial charge in [-0.3, -0.25) is 9.13 Å². The minimum atomic E-state index is -0.183. The van der Waals surface area contributed by atoms with E-state index in [1.165, 1.54) is 0 Å². The highest BCUT2D eigenvalue weighted by Gasteiger charge is 2.21. The van der Waals surface area contributed by atoms with Gasteiger partial charge < -0.3 is 0 Å². The van der Waals surface area contributed by atoms with Crippen molar-refractivity contribution >= 4 is 11.0 Å². The lowest BCUT2D eigenvalue weighted by Gasteiger charge is -2.20. The van der Waals surface area contributed by atoms with Crippen molar-refractivity contribution in [2.45, 2.75) is 39.8 Å². The van der Waals surface area contributed by atoms with Gasteiger partial charge in [-0.05, 0) is 39.8 Å². The summed E-state index contributed by atoms with van der Waals surface area (Å²) < 4.78 is 3.69. The quantitative estimate of drug-likeness (QED) is 0.722. The molecule has 0 aliphatic carbocycles. The number of para-hydroxylation sites is 2. The molecule has 3 heteroatoms. The second-order valence-corrected chi connectivity index (χ2v) is 5.02. The van der Waals surface area contributed by atoms with Crippen molar-refractivity contribution in [3.05, 3.63) is 34.7 Å². The molecule has 1 heterocycles. The number of hydrogen-bond donors (Lipinski definition) is 0. The predicted octanol–water partition coefficient (Wildman–Crippen LogP) is 2.58. The fraction of sp³-hybridized carbons (Fsp3) is 0.462. The maximum Gasteiger partial charge on any atom is 0.329 e. The highest BCUT2D eigenvalue weighted by atomic mass is 16.1. The van der Waals surface area contributed by atoms with Crippen LogP contribution in [0.2, 0.25) is 0 Å². The number of rotatable bonds is 1. The van der Waals surface area contributed by atoms with Crippen molar-refractivity contribution in [3.63, 3.8) is 0 Å². The minimum Gasteiger partial charge on any atom is -0.292 e. The number of aromatic nitrogens is 2. The first-order chi connectivity index (χ1) is 7.46. The Labute approximate surface area is 95.3 Å². The first-order valence-electron chi connectivity index (χ1n) is 5.67. The van der Waals surface area contributed by atoms with E-state index < -0.39 is 0 Å². The van der Waals surface area contributed by atoms with E-state index in [0.717, 1.165) is 11.0 Å². The zero-order valence-electron chi connectivity index (χ0n) is 10.3. The third-order valence-electron chi connectivity index (χ3n) is 2.82. The molecule has 86 valence electrons. The van der Waals surface area contributed by atoms with Gasteiger partial charge in [0.15, 0.2) is 0 Å². The average Bonchev–Trinajstić information content (AvgIpc) is 2.48. The van der Waals surface area contributed by atoms with E-state index in [2.05, 4.69) is 20.8 Å². The van der Waals surface area contributed by atoms with Crippen molar-refractivity contribution in [1.82, 2.24) is 9.13 Å². The average molecular weight is 218 g/mol. The summed E-state index contributed by atoms with van der Waals surface area (Å²) in [6.07, 6.45) is 0. The molecule has 0 aliphatic heterocycles. The lowest BCUT2D eigenvalue weighted by atomic mass is 10.1. The molecular weight excluding hydrogens is 200 g/mol. The molecule has 0 fully saturated rings. The third kappa shape index (κ3) is 1.47. The maximum atomic E-state index is 12.3. The highest BCUT2D eigenvalue weighted by molar-refractivity contribution is 5.76. The van der Waals surface area contributed by atoms with E-state index in [9.17, 15) is 4.79 Å². The molecule has 0 unspecified atom stereocenters. The molecule has 1 aromatic carbocycles. The molecule has 16 heavy (non-hydrogen) atoms. The topological polar surface area (TPSA) is 26.9 Å². The first-order valence-corrected chi connectivity index (χ1v) is 5.67. The normalized spacial score (nSPS) is 12.2. The van der Waals surface area contributed by atoms with Crippen LogP contribution in [0, 0.1) is 0 Å². The standard InChI is InChI=1S/C13H18N2O/c1-5-14-10-8-6-7-9-11(10)15(12(14)16)13(2,3)4/h6-9H,5H2,1-4H3. The Balaban J connectivity index is 2.94. The van der Waals surface area contributed by atoms with E-state index in [0.29, 0.717) is 6.54 Å². The molecule has 0 bridgehead atoms. The minimum absolute atomic E-state index is 0.0798. The van der Waals surface area contributed by atoms with Crippen LogP contribution in [0.25, 0.3) is 11.0 Å². The molecule has 1 aromatic heterocycles. The summed E-state index contributed by atoms with van der Waals surface area (Å²) in [5, 5.41) is 0. The van der Waals surface area contributed by atoms with Gasteiger partial charge >= 0.3 is 5.69 Å². The van der Waals surface area contributed by atoms with Crippen LogP contribution >= 0.6 is 0 Å². The number of benzene rings is 1. The largest absolute Gasteiger partial charge is 0.329 e. The zero-order chi connectivity index (χ0) is 11.9. The number of imidazole rings is 1. The molecule has 0 atom stereocenters. The van der Waals surface area contributed by atoms with Crippen LogP contribution in [0.15, 0.2) is 29.1 Å². The van der Waals surface area contributed by atoms with Crippen molar-refractivity contribution in [2.24, 2.45) is 0 Å². The molecule has 0 aliphatic rings. The highest BCUT2D eigenvalue weighted by Crippen LogP contribution is 2.20. The second kappa shape index (κ2) is 3.51. The summed E-state index contributed by atoms with van der Waals surface area (Å²) in [4.78, 5) is 12.3. The summed E-state index contributed by atoms with van der Waals surface area (Å²) in [6, 6.07) is 7.96. The molecule has 0 spiro atoms. The molecule has 3 nitrogen and oxygen atoms in total. The summed E-state index contributed by atoms with van der Waals surface area (Å²) in [5.41, 5.74) is 1.93. The Morgan fingerprint density at radius 2 is 1.69 bits per heavy atom. The lowest BCUT2D eigenvalue weighted by molar-refractivity contribution is 0.390. The van der Waals surface area contributed by atoms with Gasteiger partial charge in [-0.15, -0.1) is 0 Å². The Morgan fingerprint density at radius 3 is 2.19 bits per heavy atom. The number of nitrogens with zero attached hydrogens (tertiary/aromatic N) is 2. The van der Waals surface area contributed by atoms with Crippen LogP contribution in [-0.2, 0) is 12.1 Å². The van der Waals surface area contributed by atoms with Crippen LogP contribution in [-0.4, -0.2) is 9.13 Å². The van der Waals surface area contributed by atoms with Gasteiger partial charge in [0.1, 0.15) is 0 Å². The second-order valence-electron chi connectivity index (χ2n) is 5.02. The summed E-state index contributed by atoms with van der Waals surface area (Å²) >= 11 is 0. The van der Waals surface area contributed by atoms with Gasteiger partial charge in [0.25, 0.3) is 0 Å². The van der Waals surface area contributed by atoms with Gasteiger partial charge in [-0.1, -0.05) is 12.1 Å². The van der Waals surface area contributed by atoms with Crippen LogP contribution in [0.4, 0.5) is 0 Å². The van der Waals surface area contributed by atoms with Crippen molar-refractivity contribution in [2.75, 3.05) is 0 Å². The molecule has 0 amide bonds. The molecule has 0 radical (unpaired) electrons. The molecule has 0 saturated heterocycles. The molecule has 2 rings (SSSR count). The Bertz CT molecular complexity index is 570. The van der Waals surface area contributed by atoms with Crippen LogP contribution in [0.5, 0.6) is 0 Å². The molecule has 2 aromatic rings. The number of fused-ring (bicyclic) bond motifs is 1. The van der Waals surface area contributed by atoms with Gasteiger partial charge in [0.2, 0.25) is 0 Å². The molecule has 0 N–H and O–H groups in total. The van der Waals surface area contributed by atoms with E-state index in [1.807, 2.05) is 40.3 Å². The lowest BCUT2D eigenvalue weighted by Crippen LogP contribution is -2.34. The van der Waals surface area contributed by atoms with E-state index in [1.54, 1.807) is 0 Å². The monoisotopic (exact) mass is 218 g/mol. The third-order valence-corrected chi connectivity index (χ3v) is 2.82. The Kier molecular flexibility index (Phi) is 2.41. The summed E-state index contributed by atoms with van der Waals surface area (Å²) in [6.45, 7) is 8.88. The van der Waals surface area contributed by atoms with Gasteiger partial charge in [0, 0.05) is 12.1 Å². The predicted molar refractivity (Wildman–Crippen MR) is 66.9 cm³/mol. The molecule has 0 saturated carbocycles. The van der Waals surface area contributed by atoms with Gasteiger partial charge in [-0.2, -0.15) is 0 Å². The van der Waals surface area contributed by atoms with E-state index in [4.69, 9.17) is 0 Å². The number of hydrogen-bond acceptors (Lipinski definition) is 1. The van der Waals surface area contributed by atoms with Crippen molar-refractivity contribution < 1.29 is 0 Å². The molecular formula is C13H18N2O. The Hall–Kier alpha value is -1.51. The van der Waals surface area contributed by atoms with Crippen LogP contribution in [0.3, 0.4) is 0 Å². The Morgan fingerprint density at radius 1 is 1.12 bits per heavy atom. The number of aryl methyl sites for hydroxylation is 1. The van der Waals surface area contributed by atoms with E-state index in [-0.39, 0.29) is 11.2 Å². The first kappa shape index (κ1) is 11.0. The van der Waals surface area contributed by atoms with Crippen LogP contribution in [0.1, 0.15) is 27.7 Å². The summed E-state index contributed by atoms with van der Waals surface area (Å²) in [7, 11) is 0. The smallest absolute Gasteiger partial charge is 0.292 e. The SMILES string of the molecule is CCn1c(=O)n(C(C)(C)C)c2ccccc21. The fourth-order valence-electron chi connectivity index (χ4n) is 2.16. The van der Waals surface area contributed by atoms with Gasteiger partial charge in [-0.25, -0.2) is 4.79 Å². The zero-order valence-corrected chi connectivity index (χ0v) is 10.3. The summed E-state index contributed by atoms with van der Waals surface area (Å²) in [5.74, 6) is 0. The van der Waals surface area contributed by atoms with Crippen molar-refractivity contribution in [3.8, 4) is 0 Å². The van der Waals surface area contributed by atoms with Crippen molar-refractivity contribution in [1.29, 1.82) is 0 Å². The van der Waals surface area contributed by atoms with Crippen LogP contribution < -0.4 is 5.69 Å². The van der Waals surface area contributed by atoms with Gasteiger partial charge in [0.05, 0.1) is 11.0 Å².